The van der Waals surface area contributed by atoms with Gasteiger partial charge in [0.25, 0.3) is 0 Å². The molecular formula is C16H23FN2O. The van der Waals surface area contributed by atoms with Crippen molar-refractivity contribution < 1.29 is 9.18 Å². The van der Waals surface area contributed by atoms with Gasteiger partial charge in [-0.2, -0.15) is 0 Å². The third-order valence-corrected chi connectivity index (χ3v) is 3.71. The van der Waals surface area contributed by atoms with Gasteiger partial charge in [-0.05, 0) is 37.5 Å². The number of hydrogen-bond acceptors (Lipinski definition) is 2. The van der Waals surface area contributed by atoms with Crippen LogP contribution < -0.4 is 10.6 Å². The molecule has 0 saturated carbocycles. The largest absolute Gasteiger partial charge is 0.324 e. The summed E-state index contributed by atoms with van der Waals surface area (Å²) in [6, 6.07) is 4.22. The summed E-state index contributed by atoms with van der Waals surface area (Å²) in [4.78, 5) is 12.0. The first-order valence-corrected chi connectivity index (χ1v) is 7.33. The second-order valence-corrected chi connectivity index (χ2v) is 6.05. The minimum atomic E-state index is -0.435. The maximum Gasteiger partial charge on any atom is 0.246 e. The molecule has 1 aromatic carbocycles. The standard InChI is InChI=1S/C16H23FN2O/c1-10(2)5-4-6-11(3)18-15-13-9-12(17)7-8-14(13)19-16(15)20/h7-11,15,18H,4-6H2,1-3H3,(H,19,20). The van der Waals surface area contributed by atoms with Gasteiger partial charge in [0.2, 0.25) is 5.91 Å². The van der Waals surface area contributed by atoms with Crippen molar-refractivity contribution in [2.24, 2.45) is 5.92 Å². The van der Waals surface area contributed by atoms with E-state index in [1.165, 1.54) is 18.6 Å². The molecule has 1 aliphatic heterocycles. The fourth-order valence-corrected chi connectivity index (χ4v) is 2.60. The summed E-state index contributed by atoms with van der Waals surface area (Å²) < 4.78 is 13.3. The molecule has 1 amide bonds. The molecule has 0 radical (unpaired) electrons. The number of nitrogens with one attached hydrogen (secondary N) is 2. The average molecular weight is 278 g/mol. The number of halogens is 1. The van der Waals surface area contributed by atoms with E-state index >= 15 is 0 Å². The predicted molar refractivity (Wildman–Crippen MR) is 79.1 cm³/mol. The Morgan fingerprint density at radius 2 is 2.05 bits per heavy atom. The Morgan fingerprint density at radius 3 is 2.75 bits per heavy atom. The molecule has 0 bridgehead atoms. The summed E-state index contributed by atoms with van der Waals surface area (Å²) in [6.07, 6.45) is 3.34. The lowest BCUT2D eigenvalue weighted by Gasteiger charge is -2.19. The van der Waals surface area contributed by atoms with Crippen LogP contribution in [0.15, 0.2) is 18.2 Å². The van der Waals surface area contributed by atoms with Gasteiger partial charge in [-0.1, -0.05) is 26.7 Å². The summed E-state index contributed by atoms with van der Waals surface area (Å²) in [5, 5.41) is 6.09. The van der Waals surface area contributed by atoms with Gasteiger partial charge in [0.05, 0.1) is 0 Å². The number of hydrogen-bond donors (Lipinski definition) is 2. The monoisotopic (exact) mass is 278 g/mol. The molecule has 20 heavy (non-hydrogen) atoms. The zero-order valence-electron chi connectivity index (χ0n) is 12.4. The highest BCUT2D eigenvalue weighted by Gasteiger charge is 2.31. The summed E-state index contributed by atoms with van der Waals surface area (Å²) in [7, 11) is 0. The van der Waals surface area contributed by atoms with Crippen molar-refractivity contribution >= 4 is 11.6 Å². The van der Waals surface area contributed by atoms with Crippen molar-refractivity contribution in [1.29, 1.82) is 0 Å². The topological polar surface area (TPSA) is 41.1 Å². The maximum atomic E-state index is 13.3. The molecule has 110 valence electrons. The highest BCUT2D eigenvalue weighted by molar-refractivity contribution is 6.02. The molecule has 2 unspecified atom stereocenters. The van der Waals surface area contributed by atoms with Gasteiger partial charge in [-0.25, -0.2) is 4.39 Å². The summed E-state index contributed by atoms with van der Waals surface area (Å²) in [5.74, 6) is 0.299. The Morgan fingerprint density at radius 1 is 1.30 bits per heavy atom. The minimum absolute atomic E-state index is 0.0960. The van der Waals surface area contributed by atoms with Crippen LogP contribution >= 0.6 is 0 Å². The van der Waals surface area contributed by atoms with Crippen molar-refractivity contribution in [2.45, 2.75) is 52.1 Å². The number of carbonyl (C=O) groups is 1. The SMILES string of the molecule is CC(C)CCCC(C)NC1C(=O)Nc2ccc(F)cc21. The predicted octanol–water partition coefficient (Wildman–Crippen LogP) is 3.62. The fourth-order valence-electron chi connectivity index (χ4n) is 2.60. The first-order valence-electron chi connectivity index (χ1n) is 7.33. The van der Waals surface area contributed by atoms with Gasteiger partial charge in [0.1, 0.15) is 11.9 Å². The van der Waals surface area contributed by atoms with Crippen LogP contribution in [0.3, 0.4) is 0 Å². The number of anilines is 1. The van der Waals surface area contributed by atoms with Crippen LogP contribution in [0.4, 0.5) is 10.1 Å². The molecule has 0 aliphatic carbocycles. The number of fused-ring (bicyclic) bond motifs is 1. The van der Waals surface area contributed by atoms with E-state index in [1.807, 2.05) is 0 Å². The van der Waals surface area contributed by atoms with E-state index in [4.69, 9.17) is 0 Å². The molecule has 1 heterocycles. The zero-order valence-corrected chi connectivity index (χ0v) is 12.4. The van der Waals surface area contributed by atoms with E-state index < -0.39 is 6.04 Å². The zero-order chi connectivity index (χ0) is 14.7. The van der Waals surface area contributed by atoms with Gasteiger partial charge in [0.15, 0.2) is 0 Å². The van der Waals surface area contributed by atoms with E-state index in [-0.39, 0.29) is 17.8 Å². The number of carbonyl (C=O) groups excluding carboxylic acids is 1. The average Bonchev–Trinajstić information content (AvgIpc) is 2.65. The molecular weight excluding hydrogens is 255 g/mol. The third-order valence-electron chi connectivity index (χ3n) is 3.71. The molecule has 1 aliphatic rings. The van der Waals surface area contributed by atoms with Crippen LogP contribution in [-0.4, -0.2) is 11.9 Å². The highest BCUT2D eigenvalue weighted by atomic mass is 19.1. The van der Waals surface area contributed by atoms with Crippen LogP contribution in [0.5, 0.6) is 0 Å². The van der Waals surface area contributed by atoms with E-state index in [0.29, 0.717) is 17.2 Å². The molecule has 2 rings (SSSR count). The van der Waals surface area contributed by atoms with E-state index in [1.54, 1.807) is 6.07 Å². The van der Waals surface area contributed by atoms with Crippen LogP contribution in [-0.2, 0) is 4.79 Å². The molecule has 0 fully saturated rings. The van der Waals surface area contributed by atoms with Crippen LogP contribution in [0.2, 0.25) is 0 Å². The van der Waals surface area contributed by atoms with Gasteiger partial charge in [-0.3, -0.25) is 10.1 Å². The lowest BCUT2D eigenvalue weighted by molar-refractivity contribution is -0.117. The lowest BCUT2D eigenvalue weighted by Crippen LogP contribution is -2.34. The molecule has 0 aromatic heterocycles. The van der Waals surface area contributed by atoms with Crippen molar-refractivity contribution in [2.75, 3.05) is 5.32 Å². The molecule has 0 saturated heterocycles. The number of benzene rings is 1. The fraction of sp³-hybridized carbons (Fsp3) is 0.562. The van der Waals surface area contributed by atoms with E-state index in [0.717, 1.165) is 12.8 Å². The number of rotatable bonds is 6. The first kappa shape index (κ1) is 15.0. The Hall–Kier alpha value is -1.42. The van der Waals surface area contributed by atoms with Crippen molar-refractivity contribution in [3.8, 4) is 0 Å². The summed E-state index contributed by atoms with van der Waals surface area (Å²) >= 11 is 0. The molecule has 4 heteroatoms. The molecule has 3 nitrogen and oxygen atoms in total. The second-order valence-electron chi connectivity index (χ2n) is 6.05. The lowest BCUT2D eigenvalue weighted by atomic mass is 10.0. The highest BCUT2D eigenvalue weighted by Crippen LogP contribution is 2.31. The van der Waals surface area contributed by atoms with Gasteiger partial charge in [0, 0.05) is 17.3 Å². The molecule has 1 aromatic rings. The summed E-state index contributed by atoms with van der Waals surface area (Å²) in [5.41, 5.74) is 1.42. The Bertz CT molecular complexity index is 487. The van der Waals surface area contributed by atoms with Gasteiger partial charge >= 0.3 is 0 Å². The van der Waals surface area contributed by atoms with Crippen LogP contribution in [0.25, 0.3) is 0 Å². The normalized spacial score (nSPS) is 19.1. The smallest absolute Gasteiger partial charge is 0.246 e. The van der Waals surface area contributed by atoms with Gasteiger partial charge < -0.3 is 5.32 Å². The maximum absolute atomic E-state index is 13.3. The van der Waals surface area contributed by atoms with Crippen molar-refractivity contribution in [1.82, 2.24) is 5.32 Å². The third kappa shape index (κ3) is 3.57. The van der Waals surface area contributed by atoms with Gasteiger partial charge in [-0.15, -0.1) is 0 Å². The Balaban J connectivity index is 1.96. The molecule has 2 atom stereocenters. The van der Waals surface area contributed by atoms with Crippen LogP contribution in [0, 0.1) is 11.7 Å². The van der Waals surface area contributed by atoms with E-state index in [2.05, 4.69) is 31.4 Å². The Labute approximate surface area is 120 Å². The molecule has 0 spiro atoms. The second kappa shape index (κ2) is 6.35. The first-order chi connectivity index (χ1) is 9.47. The quantitative estimate of drug-likeness (QED) is 0.834. The molecule has 2 N–H and O–H groups in total. The Kier molecular flexibility index (Phi) is 4.76. The summed E-state index contributed by atoms with van der Waals surface area (Å²) in [6.45, 7) is 6.49. The van der Waals surface area contributed by atoms with Crippen molar-refractivity contribution in [3.63, 3.8) is 0 Å². The van der Waals surface area contributed by atoms with E-state index in [9.17, 15) is 9.18 Å². The number of amides is 1. The van der Waals surface area contributed by atoms with Crippen LogP contribution in [0.1, 0.15) is 51.6 Å². The minimum Gasteiger partial charge on any atom is -0.324 e. The van der Waals surface area contributed by atoms with Crippen molar-refractivity contribution in [3.05, 3.63) is 29.6 Å².